The number of aryl methyl sites for hydroxylation is 1. The minimum Gasteiger partial charge on any atom is -0.421 e. The minimum absolute atomic E-state index is 0.253. The van der Waals surface area contributed by atoms with Gasteiger partial charge in [0.25, 0.3) is 0 Å². The second-order valence-electron chi connectivity index (χ2n) is 4.98. The Kier molecular flexibility index (Phi) is 5.63. The van der Waals surface area contributed by atoms with Crippen LogP contribution in [0.5, 0.6) is 5.75 Å². The van der Waals surface area contributed by atoms with E-state index in [1.807, 2.05) is 12.1 Å². The van der Waals surface area contributed by atoms with Crippen molar-refractivity contribution in [1.82, 2.24) is 10.1 Å². The van der Waals surface area contributed by atoms with E-state index in [4.69, 9.17) is 32.5 Å². The number of halogens is 2. The fourth-order valence-electron chi connectivity index (χ4n) is 2.01. The van der Waals surface area contributed by atoms with Gasteiger partial charge in [-0.1, -0.05) is 40.5 Å². The zero-order valence-corrected chi connectivity index (χ0v) is 15.4. The number of carbonyl (C=O) groups excluding carboxylic acids is 1. The molecule has 25 heavy (non-hydrogen) atoms. The van der Waals surface area contributed by atoms with Gasteiger partial charge in [0.05, 0.1) is 16.3 Å². The predicted octanol–water partition coefficient (Wildman–Crippen LogP) is 5.20. The van der Waals surface area contributed by atoms with Crippen LogP contribution in [-0.4, -0.2) is 16.1 Å². The van der Waals surface area contributed by atoms with Crippen molar-refractivity contribution >= 4 is 40.9 Å². The number of hydrogen-bond donors (Lipinski definition) is 0. The number of carbonyl (C=O) groups is 1. The molecule has 0 amide bonds. The molecule has 2 aromatic carbocycles. The summed E-state index contributed by atoms with van der Waals surface area (Å²) in [5.74, 6) is 1.26. The fourth-order valence-corrected chi connectivity index (χ4v) is 3.34. The van der Waals surface area contributed by atoms with E-state index in [2.05, 4.69) is 10.1 Å². The Bertz CT molecular complexity index is 914. The maximum atomic E-state index is 12.5. The van der Waals surface area contributed by atoms with Crippen LogP contribution in [0.4, 0.5) is 0 Å². The molecule has 0 unspecified atom stereocenters. The van der Waals surface area contributed by atoms with Gasteiger partial charge in [0.2, 0.25) is 5.89 Å². The lowest BCUT2D eigenvalue weighted by molar-refractivity contribution is 0.0731. The summed E-state index contributed by atoms with van der Waals surface area (Å²) >= 11 is 13.3. The molecule has 0 saturated heterocycles. The van der Waals surface area contributed by atoms with Crippen molar-refractivity contribution < 1.29 is 14.1 Å². The number of nitrogens with zero attached hydrogens (tertiary/aromatic N) is 2. The van der Waals surface area contributed by atoms with Crippen LogP contribution in [0.1, 0.15) is 22.1 Å². The van der Waals surface area contributed by atoms with Crippen LogP contribution in [0.2, 0.25) is 10.0 Å². The summed E-state index contributed by atoms with van der Waals surface area (Å²) < 4.78 is 10.5. The predicted molar refractivity (Wildman–Crippen MR) is 96.5 cm³/mol. The lowest BCUT2D eigenvalue weighted by Crippen LogP contribution is -2.10. The SMILES string of the molecule is Cc1noc(CSc2ccccc2C(=O)Oc2ccc(Cl)cc2Cl)n1. The molecule has 0 spiro atoms. The zero-order chi connectivity index (χ0) is 17.8. The van der Waals surface area contributed by atoms with E-state index in [0.29, 0.717) is 28.1 Å². The van der Waals surface area contributed by atoms with E-state index in [1.54, 1.807) is 31.2 Å². The van der Waals surface area contributed by atoms with E-state index in [0.717, 1.165) is 4.90 Å². The zero-order valence-electron chi connectivity index (χ0n) is 13.0. The molecule has 0 aliphatic rings. The van der Waals surface area contributed by atoms with Crippen LogP contribution < -0.4 is 4.74 Å². The molecule has 0 aliphatic heterocycles. The first-order valence-corrected chi connectivity index (χ1v) is 8.95. The molecule has 128 valence electrons. The number of hydrogen-bond acceptors (Lipinski definition) is 6. The second kappa shape index (κ2) is 7.91. The lowest BCUT2D eigenvalue weighted by Gasteiger charge is -2.09. The monoisotopic (exact) mass is 394 g/mol. The Morgan fingerprint density at radius 3 is 2.76 bits per heavy atom. The summed E-state index contributed by atoms with van der Waals surface area (Å²) in [6.07, 6.45) is 0. The third-order valence-corrected chi connectivity index (χ3v) is 4.71. The second-order valence-corrected chi connectivity index (χ2v) is 6.85. The molecule has 1 aromatic heterocycles. The highest BCUT2D eigenvalue weighted by atomic mass is 35.5. The van der Waals surface area contributed by atoms with Crippen molar-refractivity contribution in [1.29, 1.82) is 0 Å². The molecular formula is C17H12Cl2N2O3S. The minimum atomic E-state index is -0.506. The van der Waals surface area contributed by atoms with Crippen molar-refractivity contribution in [2.24, 2.45) is 0 Å². The number of rotatable bonds is 5. The summed E-state index contributed by atoms with van der Waals surface area (Å²) in [6, 6.07) is 11.8. The van der Waals surface area contributed by atoms with Crippen molar-refractivity contribution in [2.45, 2.75) is 17.6 Å². The molecule has 0 saturated carbocycles. The average molecular weight is 395 g/mol. The van der Waals surface area contributed by atoms with Gasteiger partial charge in [-0.05, 0) is 37.3 Å². The maximum absolute atomic E-state index is 12.5. The van der Waals surface area contributed by atoms with Crippen LogP contribution in [0.25, 0.3) is 0 Å². The Morgan fingerprint density at radius 1 is 1.24 bits per heavy atom. The molecular weight excluding hydrogens is 383 g/mol. The molecule has 0 N–H and O–H groups in total. The molecule has 0 atom stereocenters. The fraction of sp³-hybridized carbons (Fsp3) is 0.118. The van der Waals surface area contributed by atoms with Gasteiger partial charge in [-0.3, -0.25) is 0 Å². The summed E-state index contributed by atoms with van der Waals surface area (Å²) in [6.45, 7) is 1.75. The molecule has 0 bridgehead atoms. The smallest absolute Gasteiger partial charge is 0.344 e. The summed E-state index contributed by atoms with van der Waals surface area (Å²) in [5, 5.41) is 4.48. The average Bonchev–Trinajstić information content (AvgIpc) is 3.01. The van der Waals surface area contributed by atoms with Gasteiger partial charge in [0.1, 0.15) is 5.75 Å². The Balaban J connectivity index is 1.76. The lowest BCUT2D eigenvalue weighted by atomic mass is 10.2. The van der Waals surface area contributed by atoms with Gasteiger partial charge < -0.3 is 9.26 Å². The molecule has 8 heteroatoms. The van der Waals surface area contributed by atoms with Crippen LogP contribution >= 0.6 is 35.0 Å². The van der Waals surface area contributed by atoms with Crippen LogP contribution in [0.15, 0.2) is 51.9 Å². The van der Waals surface area contributed by atoms with Gasteiger partial charge in [-0.2, -0.15) is 4.98 Å². The summed E-state index contributed by atoms with van der Waals surface area (Å²) in [7, 11) is 0. The number of thioether (sulfide) groups is 1. The van der Waals surface area contributed by atoms with Crippen LogP contribution in [0, 0.1) is 6.92 Å². The molecule has 0 radical (unpaired) electrons. The molecule has 0 fully saturated rings. The van der Waals surface area contributed by atoms with E-state index in [1.165, 1.54) is 17.8 Å². The van der Waals surface area contributed by atoms with E-state index >= 15 is 0 Å². The topological polar surface area (TPSA) is 65.2 Å². The molecule has 3 rings (SSSR count). The Morgan fingerprint density at radius 2 is 2.04 bits per heavy atom. The number of ether oxygens (including phenoxy) is 1. The molecule has 1 heterocycles. The quantitative estimate of drug-likeness (QED) is 0.336. The third-order valence-electron chi connectivity index (χ3n) is 3.12. The normalized spacial score (nSPS) is 10.7. The van der Waals surface area contributed by atoms with Gasteiger partial charge in [-0.15, -0.1) is 11.8 Å². The van der Waals surface area contributed by atoms with Gasteiger partial charge in [0, 0.05) is 9.92 Å². The van der Waals surface area contributed by atoms with Crippen LogP contribution in [0.3, 0.4) is 0 Å². The standard InChI is InChI=1S/C17H12Cl2N2O3S/c1-10-20-16(24-21-10)9-25-15-5-3-2-4-12(15)17(22)23-14-7-6-11(18)8-13(14)19/h2-8H,9H2,1H3. The molecule has 5 nitrogen and oxygen atoms in total. The molecule has 0 aliphatic carbocycles. The Hall–Kier alpha value is -2.02. The summed E-state index contributed by atoms with van der Waals surface area (Å²) in [5.41, 5.74) is 0.426. The third kappa shape index (κ3) is 4.54. The van der Waals surface area contributed by atoms with Crippen molar-refractivity contribution in [3.8, 4) is 5.75 Å². The first-order valence-electron chi connectivity index (χ1n) is 7.21. The van der Waals surface area contributed by atoms with E-state index in [-0.39, 0.29) is 10.8 Å². The highest BCUT2D eigenvalue weighted by molar-refractivity contribution is 7.98. The van der Waals surface area contributed by atoms with Gasteiger partial charge in [0.15, 0.2) is 5.82 Å². The maximum Gasteiger partial charge on any atom is 0.344 e. The number of esters is 1. The first kappa shape index (κ1) is 17.8. The number of aromatic nitrogens is 2. The Labute approximate surface area is 158 Å². The van der Waals surface area contributed by atoms with E-state index < -0.39 is 5.97 Å². The highest BCUT2D eigenvalue weighted by Crippen LogP contribution is 2.30. The summed E-state index contributed by atoms with van der Waals surface area (Å²) in [4.78, 5) is 17.4. The van der Waals surface area contributed by atoms with Gasteiger partial charge >= 0.3 is 5.97 Å². The van der Waals surface area contributed by atoms with Gasteiger partial charge in [-0.25, -0.2) is 4.79 Å². The van der Waals surface area contributed by atoms with Crippen LogP contribution in [-0.2, 0) is 5.75 Å². The molecule has 3 aromatic rings. The first-order chi connectivity index (χ1) is 12.0. The number of benzene rings is 2. The largest absolute Gasteiger partial charge is 0.421 e. The highest BCUT2D eigenvalue weighted by Gasteiger charge is 2.16. The van der Waals surface area contributed by atoms with Crippen molar-refractivity contribution in [3.63, 3.8) is 0 Å². The van der Waals surface area contributed by atoms with Crippen molar-refractivity contribution in [2.75, 3.05) is 0 Å². The van der Waals surface area contributed by atoms with Crippen molar-refractivity contribution in [3.05, 3.63) is 69.8 Å². The van der Waals surface area contributed by atoms with E-state index in [9.17, 15) is 4.79 Å².